The molecule has 11 heteroatoms. The third kappa shape index (κ3) is 4.50. The standard InChI is InChI=1S/C26H23ClN8O2/c1-15-22(26(37)35(34(15)3)20-6-4-5-18(27)11-20)25(36)31-19-9-7-16(8-10-19)23-24(28)29-13-21(32-23)17-12-30-33(2)14-17/h4-14H,1-3H3,(H2,28,29)(H,31,36). The molecule has 0 aliphatic carbocycles. The van der Waals surface area contributed by atoms with E-state index in [1.807, 2.05) is 13.2 Å². The number of carbonyl (C=O) groups is 1. The lowest BCUT2D eigenvalue weighted by molar-refractivity contribution is 0.102. The van der Waals surface area contributed by atoms with E-state index in [1.165, 1.54) is 4.68 Å². The van der Waals surface area contributed by atoms with E-state index in [9.17, 15) is 9.59 Å². The first-order valence-corrected chi connectivity index (χ1v) is 11.7. The second-order valence-electron chi connectivity index (χ2n) is 8.50. The molecule has 0 aliphatic heterocycles. The number of halogens is 1. The first-order valence-electron chi connectivity index (χ1n) is 11.3. The van der Waals surface area contributed by atoms with Gasteiger partial charge in [0.25, 0.3) is 11.5 Å². The molecule has 0 atom stereocenters. The average Bonchev–Trinajstić information content (AvgIpc) is 3.40. The quantitative estimate of drug-likeness (QED) is 0.367. The van der Waals surface area contributed by atoms with E-state index in [-0.39, 0.29) is 11.4 Å². The van der Waals surface area contributed by atoms with Gasteiger partial charge in [0.1, 0.15) is 17.1 Å². The molecule has 37 heavy (non-hydrogen) atoms. The summed E-state index contributed by atoms with van der Waals surface area (Å²) in [6, 6.07) is 13.9. The predicted octanol–water partition coefficient (Wildman–Crippen LogP) is 3.83. The molecular weight excluding hydrogens is 492 g/mol. The fourth-order valence-electron chi connectivity index (χ4n) is 4.08. The molecule has 2 aromatic carbocycles. The zero-order chi connectivity index (χ0) is 26.3. The number of nitrogens with one attached hydrogen (secondary N) is 1. The molecule has 0 unspecified atom stereocenters. The Bertz CT molecular complexity index is 1700. The molecule has 0 bridgehead atoms. The summed E-state index contributed by atoms with van der Waals surface area (Å²) in [5, 5.41) is 7.47. The molecule has 186 valence electrons. The van der Waals surface area contributed by atoms with E-state index < -0.39 is 11.5 Å². The van der Waals surface area contributed by atoms with E-state index in [2.05, 4.69) is 20.4 Å². The van der Waals surface area contributed by atoms with Crippen LogP contribution in [0, 0.1) is 6.92 Å². The third-order valence-corrected chi connectivity index (χ3v) is 6.29. The summed E-state index contributed by atoms with van der Waals surface area (Å²) in [6.07, 6.45) is 5.14. The van der Waals surface area contributed by atoms with E-state index in [0.717, 1.165) is 11.1 Å². The highest BCUT2D eigenvalue weighted by Crippen LogP contribution is 2.27. The van der Waals surface area contributed by atoms with Crippen LogP contribution in [0.5, 0.6) is 0 Å². The Morgan fingerprint density at radius 3 is 2.49 bits per heavy atom. The van der Waals surface area contributed by atoms with Crippen molar-refractivity contribution in [2.24, 2.45) is 14.1 Å². The third-order valence-electron chi connectivity index (χ3n) is 6.05. The highest BCUT2D eigenvalue weighted by atomic mass is 35.5. The van der Waals surface area contributed by atoms with Gasteiger partial charge in [0, 0.05) is 42.1 Å². The molecule has 5 aromatic rings. The molecule has 0 spiro atoms. The van der Waals surface area contributed by atoms with Crippen molar-refractivity contribution in [3.05, 3.63) is 93.8 Å². The average molecular weight is 515 g/mol. The van der Waals surface area contributed by atoms with Crippen LogP contribution >= 0.6 is 11.6 Å². The van der Waals surface area contributed by atoms with E-state index in [0.29, 0.717) is 33.5 Å². The summed E-state index contributed by atoms with van der Waals surface area (Å²) < 4.78 is 4.72. The van der Waals surface area contributed by atoms with Gasteiger partial charge >= 0.3 is 0 Å². The number of anilines is 2. The number of nitrogen functional groups attached to an aromatic ring is 1. The van der Waals surface area contributed by atoms with Crippen molar-refractivity contribution < 1.29 is 4.79 Å². The maximum Gasteiger partial charge on any atom is 0.284 e. The summed E-state index contributed by atoms with van der Waals surface area (Å²) in [5.41, 5.74) is 10.0. The Kier molecular flexibility index (Phi) is 6.10. The normalized spacial score (nSPS) is 11.0. The van der Waals surface area contributed by atoms with Crippen molar-refractivity contribution in [3.8, 4) is 28.2 Å². The predicted molar refractivity (Wildman–Crippen MR) is 143 cm³/mol. The second-order valence-corrected chi connectivity index (χ2v) is 8.94. The number of aromatic nitrogens is 6. The monoisotopic (exact) mass is 514 g/mol. The zero-order valence-corrected chi connectivity index (χ0v) is 21.1. The SMILES string of the molecule is Cc1c(C(=O)Nc2ccc(-c3nc(-c4cnn(C)c4)cnc3N)cc2)c(=O)n(-c2cccc(Cl)c2)n1C. The molecule has 3 heterocycles. The summed E-state index contributed by atoms with van der Waals surface area (Å²) in [4.78, 5) is 35.2. The molecule has 10 nitrogen and oxygen atoms in total. The van der Waals surface area contributed by atoms with Crippen LogP contribution in [0.4, 0.5) is 11.5 Å². The second kappa shape index (κ2) is 9.40. The largest absolute Gasteiger partial charge is 0.382 e. The van der Waals surface area contributed by atoms with Gasteiger partial charge in [0.15, 0.2) is 0 Å². The lowest BCUT2D eigenvalue weighted by Crippen LogP contribution is -2.25. The van der Waals surface area contributed by atoms with Crippen molar-refractivity contribution in [2.75, 3.05) is 11.1 Å². The lowest BCUT2D eigenvalue weighted by atomic mass is 10.1. The number of rotatable bonds is 5. The van der Waals surface area contributed by atoms with Gasteiger partial charge in [-0.2, -0.15) is 5.10 Å². The molecule has 0 aliphatic rings. The zero-order valence-electron chi connectivity index (χ0n) is 20.3. The van der Waals surface area contributed by atoms with Gasteiger partial charge in [-0.25, -0.2) is 14.6 Å². The van der Waals surface area contributed by atoms with Crippen LogP contribution in [0.3, 0.4) is 0 Å². The smallest absolute Gasteiger partial charge is 0.284 e. The highest BCUT2D eigenvalue weighted by molar-refractivity contribution is 6.30. The van der Waals surface area contributed by atoms with Gasteiger partial charge in [0.2, 0.25) is 0 Å². The van der Waals surface area contributed by atoms with E-state index >= 15 is 0 Å². The number of aryl methyl sites for hydroxylation is 1. The van der Waals surface area contributed by atoms with Crippen molar-refractivity contribution in [3.63, 3.8) is 0 Å². The number of benzene rings is 2. The summed E-state index contributed by atoms with van der Waals surface area (Å²) in [5.74, 6) is -0.226. The van der Waals surface area contributed by atoms with E-state index in [4.69, 9.17) is 17.3 Å². The molecule has 5 rings (SSSR count). The van der Waals surface area contributed by atoms with Gasteiger partial charge in [-0.05, 0) is 37.3 Å². The van der Waals surface area contributed by atoms with Gasteiger partial charge in [0.05, 0.1) is 29.5 Å². The summed E-state index contributed by atoms with van der Waals surface area (Å²) in [7, 11) is 3.54. The Morgan fingerprint density at radius 2 is 1.81 bits per heavy atom. The molecule has 3 N–H and O–H groups in total. The molecular formula is C26H23ClN8O2. The van der Waals surface area contributed by atoms with Crippen LogP contribution < -0.4 is 16.6 Å². The number of hydrogen-bond acceptors (Lipinski definition) is 6. The number of hydrogen-bond donors (Lipinski definition) is 2. The lowest BCUT2D eigenvalue weighted by Gasteiger charge is -2.08. The maximum atomic E-state index is 13.2. The molecule has 1 amide bonds. The van der Waals surface area contributed by atoms with Crippen LogP contribution in [0.15, 0.2) is 71.9 Å². The minimum atomic E-state index is -0.510. The van der Waals surface area contributed by atoms with Crippen LogP contribution in [0.1, 0.15) is 16.1 Å². The van der Waals surface area contributed by atoms with Crippen molar-refractivity contribution in [1.82, 2.24) is 29.1 Å². The number of nitrogens with two attached hydrogens (primary N) is 1. The van der Waals surface area contributed by atoms with Crippen molar-refractivity contribution in [1.29, 1.82) is 0 Å². The first-order chi connectivity index (χ1) is 17.7. The minimum absolute atomic E-state index is 0.0471. The number of carbonyl (C=O) groups excluding carboxylic acids is 1. The van der Waals surface area contributed by atoms with Crippen molar-refractivity contribution >= 4 is 29.0 Å². The summed E-state index contributed by atoms with van der Waals surface area (Å²) >= 11 is 6.10. The van der Waals surface area contributed by atoms with Crippen LogP contribution in [-0.2, 0) is 14.1 Å². The van der Waals surface area contributed by atoms with Gasteiger partial charge in [-0.3, -0.25) is 19.0 Å². The Balaban J connectivity index is 1.41. The molecule has 3 aromatic heterocycles. The van der Waals surface area contributed by atoms with Crippen molar-refractivity contribution in [2.45, 2.75) is 6.92 Å². The van der Waals surface area contributed by atoms with Crippen LogP contribution in [-0.4, -0.2) is 35.0 Å². The minimum Gasteiger partial charge on any atom is -0.382 e. The number of amides is 1. The summed E-state index contributed by atoms with van der Waals surface area (Å²) in [6.45, 7) is 1.72. The fraction of sp³-hybridized carbons (Fsp3) is 0.115. The first kappa shape index (κ1) is 24.0. The van der Waals surface area contributed by atoms with Gasteiger partial charge in [-0.1, -0.05) is 29.8 Å². The van der Waals surface area contributed by atoms with Gasteiger partial charge < -0.3 is 11.1 Å². The molecule has 0 saturated heterocycles. The Hall–Kier alpha value is -4.70. The molecule has 0 saturated carbocycles. The van der Waals surface area contributed by atoms with Gasteiger partial charge in [-0.15, -0.1) is 0 Å². The topological polar surface area (TPSA) is 126 Å². The van der Waals surface area contributed by atoms with E-state index in [1.54, 1.807) is 84.3 Å². The Labute approximate surface area is 216 Å². The fourth-order valence-corrected chi connectivity index (χ4v) is 4.26. The molecule has 0 radical (unpaired) electrons. The van der Waals surface area contributed by atoms with Crippen LogP contribution in [0.2, 0.25) is 5.02 Å². The van der Waals surface area contributed by atoms with Crippen LogP contribution in [0.25, 0.3) is 28.2 Å². The Morgan fingerprint density at radius 1 is 1.05 bits per heavy atom. The maximum absolute atomic E-state index is 13.2. The highest BCUT2D eigenvalue weighted by Gasteiger charge is 2.22. The molecule has 0 fully saturated rings. The number of nitrogens with zero attached hydrogens (tertiary/aromatic N) is 6.